The summed E-state index contributed by atoms with van der Waals surface area (Å²) in [5, 5.41) is 4.26. The highest BCUT2D eigenvalue weighted by molar-refractivity contribution is 7.26. The van der Waals surface area contributed by atoms with Crippen molar-refractivity contribution in [2.24, 2.45) is 0 Å². The Balaban J connectivity index is 1.60. The van der Waals surface area contributed by atoms with Crippen molar-refractivity contribution >= 4 is 48.5 Å². The van der Waals surface area contributed by atoms with Crippen LogP contribution in [0, 0.1) is 0 Å². The van der Waals surface area contributed by atoms with Crippen LogP contribution in [0.3, 0.4) is 0 Å². The van der Waals surface area contributed by atoms with E-state index in [1.165, 1.54) is 74.4 Å². The summed E-state index contributed by atoms with van der Waals surface area (Å²) >= 11 is 1.95. The van der Waals surface area contributed by atoms with Crippen molar-refractivity contribution in [2.75, 3.05) is 0 Å². The first-order valence-electron chi connectivity index (χ1n) is 9.73. The lowest BCUT2D eigenvalue weighted by molar-refractivity contribution is 0.699. The minimum absolute atomic E-state index is 1.16. The highest BCUT2D eigenvalue weighted by Gasteiger charge is 2.21. The first kappa shape index (κ1) is 14.8. The van der Waals surface area contributed by atoms with Gasteiger partial charge in [-0.3, -0.25) is 0 Å². The first-order chi connectivity index (χ1) is 12.9. The van der Waals surface area contributed by atoms with E-state index in [4.69, 9.17) is 0 Å². The van der Waals surface area contributed by atoms with Crippen molar-refractivity contribution in [2.45, 2.75) is 38.5 Å². The molecule has 2 aromatic heterocycles. The number of H-pyrrole nitrogens is 1. The lowest BCUT2D eigenvalue weighted by Crippen LogP contribution is -2.02. The molecular weight excluding hydrogens is 334 g/mol. The summed E-state index contributed by atoms with van der Waals surface area (Å²) in [6.07, 6.45) is 12.5. The number of aryl methyl sites for hydroxylation is 1. The Morgan fingerprint density at radius 1 is 0.846 bits per heavy atom. The van der Waals surface area contributed by atoms with Gasteiger partial charge in [0.2, 0.25) is 0 Å². The molecule has 0 atom stereocenters. The van der Waals surface area contributed by atoms with Gasteiger partial charge in [-0.05, 0) is 73.4 Å². The molecule has 1 N–H and O–H groups in total. The summed E-state index contributed by atoms with van der Waals surface area (Å²) in [4.78, 5) is 3.72. The third-order valence-electron chi connectivity index (χ3n) is 6.11. The SMILES string of the molecule is C1=C(C2=Cc3[nH]c4ccc5c6ccccc6sc5c4c3CC2)CCCC1. The highest BCUT2D eigenvalue weighted by Crippen LogP contribution is 2.43. The smallest absolute Gasteiger partial charge is 0.0476 e. The Bertz CT molecular complexity index is 1230. The van der Waals surface area contributed by atoms with Crippen LogP contribution in [0.4, 0.5) is 0 Å². The Morgan fingerprint density at radius 3 is 2.73 bits per heavy atom. The van der Waals surface area contributed by atoms with Crippen LogP contribution >= 0.6 is 11.3 Å². The van der Waals surface area contributed by atoms with Crippen LogP contribution in [0.5, 0.6) is 0 Å². The van der Waals surface area contributed by atoms with Gasteiger partial charge in [0, 0.05) is 36.8 Å². The molecule has 2 heterocycles. The van der Waals surface area contributed by atoms with Crippen molar-refractivity contribution < 1.29 is 0 Å². The second-order valence-corrected chi connectivity index (χ2v) is 8.68. The molecule has 0 fully saturated rings. The van der Waals surface area contributed by atoms with Crippen molar-refractivity contribution in [3.05, 3.63) is 64.9 Å². The summed E-state index contributed by atoms with van der Waals surface area (Å²) in [5.74, 6) is 0. The Kier molecular flexibility index (Phi) is 3.18. The van der Waals surface area contributed by atoms with Gasteiger partial charge < -0.3 is 4.98 Å². The Hall–Kier alpha value is -2.32. The quantitative estimate of drug-likeness (QED) is 0.367. The number of nitrogens with one attached hydrogen (secondary N) is 1. The van der Waals surface area contributed by atoms with Crippen molar-refractivity contribution in [1.82, 2.24) is 4.98 Å². The minimum atomic E-state index is 1.16. The molecule has 2 aliphatic rings. The maximum absolute atomic E-state index is 3.72. The molecule has 0 radical (unpaired) electrons. The molecule has 0 saturated carbocycles. The van der Waals surface area contributed by atoms with Gasteiger partial charge in [0.05, 0.1) is 0 Å². The molecular formula is C24H21NS. The maximum atomic E-state index is 3.72. The average Bonchev–Trinajstić information content (AvgIpc) is 3.25. The predicted molar refractivity (Wildman–Crippen MR) is 114 cm³/mol. The van der Waals surface area contributed by atoms with Crippen LogP contribution < -0.4 is 0 Å². The fraction of sp³-hybridized carbons (Fsp3) is 0.250. The lowest BCUT2D eigenvalue weighted by atomic mass is 9.86. The molecule has 0 saturated heterocycles. The van der Waals surface area contributed by atoms with Crippen LogP contribution in [0.25, 0.3) is 37.2 Å². The number of hydrogen-bond acceptors (Lipinski definition) is 1. The summed E-state index contributed by atoms with van der Waals surface area (Å²) in [5.41, 5.74) is 7.34. The molecule has 0 spiro atoms. The van der Waals surface area contributed by atoms with Gasteiger partial charge in [0.25, 0.3) is 0 Å². The summed E-state index contributed by atoms with van der Waals surface area (Å²) in [6, 6.07) is 13.4. The number of aromatic amines is 1. The maximum Gasteiger partial charge on any atom is 0.0476 e. The molecule has 0 unspecified atom stereocenters. The van der Waals surface area contributed by atoms with Gasteiger partial charge in [-0.25, -0.2) is 0 Å². The number of rotatable bonds is 1. The third-order valence-corrected chi connectivity index (χ3v) is 7.31. The highest BCUT2D eigenvalue weighted by atomic mass is 32.1. The lowest BCUT2D eigenvalue weighted by Gasteiger charge is -2.19. The number of benzene rings is 2. The van der Waals surface area contributed by atoms with Crippen LogP contribution in [0.15, 0.2) is 53.6 Å². The van der Waals surface area contributed by atoms with E-state index < -0.39 is 0 Å². The fourth-order valence-corrected chi connectivity index (χ4v) is 6.10. The van der Waals surface area contributed by atoms with Crippen molar-refractivity contribution in [1.29, 1.82) is 0 Å². The zero-order valence-electron chi connectivity index (χ0n) is 14.8. The molecule has 2 aliphatic carbocycles. The second kappa shape index (κ2) is 5.59. The zero-order chi connectivity index (χ0) is 17.1. The standard InChI is InChI=1S/C24H21NS/c1-2-6-15(7-3-1)16-10-11-19-21(14-16)25-20-13-12-18-17-8-4-5-9-22(17)26-24(18)23(19)20/h4-6,8-9,12-14,25H,1-3,7,10-11H2. The van der Waals surface area contributed by atoms with Gasteiger partial charge >= 0.3 is 0 Å². The molecule has 1 nitrogen and oxygen atoms in total. The monoisotopic (exact) mass is 355 g/mol. The normalized spacial score (nSPS) is 17.5. The van der Waals surface area contributed by atoms with E-state index in [0.717, 1.165) is 6.42 Å². The van der Waals surface area contributed by atoms with Crippen LogP contribution in [-0.2, 0) is 6.42 Å². The second-order valence-electron chi connectivity index (χ2n) is 7.62. The van der Waals surface area contributed by atoms with E-state index in [0.29, 0.717) is 0 Å². The molecule has 128 valence electrons. The molecule has 0 amide bonds. The molecule has 2 aromatic carbocycles. The molecule has 4 aromatic rings. The molecule has 6 rings (SSSR count). The molecule has 2 heteroatoms. The van der Waals surface area contributed by atoms with E-state index in [9.17, 15) is 0 Å². The topological polar surface area (TPSA) is 15.8 Å². The third kappa shape index (κ3) is 2.09. The number of hydrogen-bond donors (Lipinski definition) is 1. The van der Waals surface area contributed by atoms with Crippen LogP contribution in [0.2, 0.25) is 0 Å². The fourth-order valence-electron chi connectivity index (χ4n) is 4.82. The van der Waals surface area contributed by atoms with E-state index in [1.807, 2.05) is 11.3 Å². The van der Waals surface area contributed by atoms with Gasteiger partial charge in [0.1, 0.15) is 0 Å². The molecule has 26 heavy (non-hydrogen) atoms. The Labute approximate surface area is 157 Å². The van der Waals surface area contributed by atoms with Crippen molar-refractivity contribution in [3.63, 3.8) is 0 Å². The molecule has 0 bridgehead atoms. The zero-order valence-corrected chi connectivity index (χ0v) is 15.6. The number of allylic oxidation sites excluding steroid dienone is 3. The largest absolute Gasteiger partial charge is 0.355 e. The van der Waals surface area contributed by atoms with Crippen LogP contribution in [-0.4, -0.2) is 4.98 Å². The predicted octanol–water partition coefficient (Wildman–Crippen LogP) is 7.37. The van der Waals surface area contributed by atoms with Crippen molar-refractivity contribution in [3.8, 4) is 0 Å². The summed E-state index contributed by atoms with van der Waals surface area (Å²) in [6.45, 7) is 0. The van der Waals surface area contributed by atoms with E-state index in [1.54, 1.807) is 11.1 Å². The first-order valence-corrected chi connectivity index (χ1v) is 10.5. The van der Waals surface area contributed by atoms with E-state index in [2.05, 4.69) is 53.5 Å². The summed E-state index contributed by atoms with van der Waals surface area (Å²) in [7, 11) is 0. The summed E-state index contributed by atoms with van der Waals surface area (Å²) < 4.78 is 2.85. The van der Waals surface area contributed by atoms with E-state index >= 15 is 0 Å². The van der Waals surface area contributed by atoms with Gasteiger partial charge in [-0.2, -0.15) is 0 Å². The number of thiophene rings is 1. The number of fused-ring (bicyclic) bond motifs is 7. The van der Waals surface area contributed by atoms with Gasteiger partial charge in [-0.1, -0.05) is 30.3 Å². The number of aromatic nitrogens is 1. The Morgan fingerprint density at radius 2 is 1.81 bits per heavy atom. The average molecular weight is 356 g/mol. The van der Waals surface area contributed by atoms with Gasteiger partial charge in [0.15, 0.2) is 0 Å². The van der Waals surface area contributed by atoms with E-state index in [-0.39, 0.29) is 0 Å². The van der Waals surface area contributed by atoms with Gasteiger partial charge in [-0.15, -0.1) is 11.3 Å². The minimum Gasteiger partial charge on any atom is -0.355 e. The van der Waals surface area contributed by atoms with Crippen LogP contribution in [0.1, 0.15) is 43.4 Å². The molecule has 0 aliphatic heterocycles.